The summed E-state index contributed by atoms with van der Waals surface area (Å²) in [4.78, 5) is 31.4. The molecule has 1 saturated heterocycles. The van der Waals surface area contributed by atoms with E-state index >= 15 is 0 Å². The number of carbonyl (C=O) groups is 2. The fraction of sp³-hybridized carbons (Fsp3) is 0.500. The number of halogens is 1. The highest BCUT2D eigenvalue weighted by Crippen LogP contribution is 2.28. The zero-order chi connectivity index (χ0) is 15.5. The first kappa shape index (κ1) is 15.5. The number of benzene rings is 1. The molecule has 1 aliphatic heterocycles. The normalized spacial score (nSPS) is 21.8. The first-order chi connectivity index (χ1) is 10.6. The summed E-state index contributed by atoms with van der Waals surface area (Å²) in [6.07, 6.45) is 4.08. The summed E-state index contributed by atoms with van der Waals surface area (Å²) in [7, 11) is 0. The minimum atomic E-state index is -0.652. The number of hydroxylamine groups is 1. The molecule has 0 radical (unpaired) electrons. The molecule has 1 unspecified atom stereocenters. The van der Waals surface area contributed by atoms with Crippen LogP contribution in [0.15, 0.2) is 28.7 Å². The maximum absolute atomic E-state index is 12.4. The summed E-state index contributed by atoms with van der Waals surface area (Å²) in [5.74, 6) is -0.595. The van der Waals surface area contributed by atoms with E-state index < -0.39 is 5.92 Å². The van der Waals surface area contributed by atoms with Crippen LogP contribution in [0.1, 0.15) is 25.7 Å². The van der Waals surface area contributed by atoms with Gasteiger partial charge in [0.25, 0.3) is 5.91 Å². The lowest BCUT2D eigenvalue weighted by atomic mass is 9.86. The standard InChI is InChI=1S/C16H19BrN2O3/c17-12-5-2-6-13(9-12)19-8-7-14(16(19)21)15(20)18-22-10-11-3-1-4-11/h2,5-6,9,11,14H,1,3-4,7-8,10H2,(H,18,20). The lowest BCUT2D eigenvalue weighted by Gasteiger charge is -2.24. The maximum atomic E-state index is 12.4. The number of hydrogen-bond acceptors (Lipinski definition) is 3. The number of amides is 2. The van der Waals surface area contributed by atoms with E-state index in [1.54, 1.807) is 4.90 Å². The van der Waals surface area contributed by atoms with Crippen LogP contribution in [0.3, 0.4) is 0 Å². The van der Waals surface area contributed by atoms with E-state index in [0.717, 1.165) is 23.0 Å². The Kier molecular flexibility index (Phi) is 4.78. The summed E-state index contributed by atoms with van der Waals surface area (Å²) in [5.41, 5.74) is 3.25. The fourth-order valence-electron chi connectivity index (χ4n) is 2.78. The van der Waals surface area contributed by atoms with Gasteiger partial charge in [0.2, 0.25) is 5.91 Å². The van der Waals surface area contributed by atoms with Crippen molar-refractivity contribution in [2.75, 3.05) is 18.1 Å². The Morgan fingerprint density at radius 1 is 1.36 bits per heavy atom. The van der Waals surface area contributed by atoms with Gasteiger partial charge in [0.1, 0.15) is 5.92 Å². The molecule has 1 atom stereocenters. The van der Waals surface area contributed by atoms with Gasteiger partial charge < -0.3 is 4.90 Å². The number of anilines is 1. The van der Waals surface area contributed by atoms with Crippen molar-refractivity contribution < 1.29 is 14.4 Å². The van der Waals surface area contributed by atoms with Crippen molar-refractivity contribution in [2.45, 2.75) is 25.7 Å². The molecule has 0 aromatic heterocycles. The molecule has 6 heteroatoms. The third-order valence-corrected chi connectivity index (χ3v) is 4.85. The summed E-state index contributed by atoms with van der Waals surface area (Å²) >= 11 is 3.40. The zero-order valence-corrected chi connectivity index (χ0v) is 13.8. The maximum Gasteiger partial charge on any atom is 0.256 e. The summed E-state index contributed by atoms with van der Waals surface area (Å²) < 4.78 is 0.912. The van der Waals surface area contributed by atoms with E-state index in [9.17, 15) is 9.59 Å². The molecule has 1 aromatic rings. The fourth-order valence-corrected chi connectivity index (χ4v) is 3.17. The number of nitrogens with zero attached hydrogens (tertiary/aromatic N) is 1. The first-order valence-electron chi connectivity index (χ1n) is 7.64. The van der Waals surface area contributed by atoms with Gasteiger partial charge >= 0.3 is 0 Å². The lowest BCUT2D eigenvalue weighted by Crippen LogP contribution is -2.38. The van der Waals surface area contributed by atoms with Crippen LogP contribution in [0.2, 0.25) is 0 Å². The van der Waals surface area contributed by atoms with E-state index in [1.165, 1.54) is 6.42 Å². The molecule has 22 heavy (non-hydrogen) atoms. The van der Waals surface area contributed by atoms with Gasteiger partial charge in [-0.25, -0.2) is 5.48 Å². The second kappa shape index (κ2) is 6.79. The monoisotopic (exact) mass is 366 g/mol. The number of hydrogen-bond donors (Lipinski definition) is 1. The van der Waals surface area contributed by atoms with E-state index in [2.05, 4.69) is 21.4 Å². The van der Waals surface area contributed by atoms with Crippen LogP contribution in [-0.4, -0.2) is 25.0 Å². The van der Waals surface area contributed by atoms with Crippen molar-refractivity contribution in [3.8, 4) is 0 Å². The highest BCUT2D eigenvalue weighted by molar-refractivity contribution is 9.10. The molecule has 1 aromatic carbocycles. The highest BCUT2D eigenvalue weighted by Gasteiger charge is 2.37. The van der Waals surface area contributed by atoms with Gasteiger partial charge in [-0.1, -0.05) is 28.4 Å². The molecule has 1 N–H and O–H groups in total. The van der Waals surface area contributed by atoms with Crippen LogP contribution in [-0.2, 0) is 14.4 Å². The van der Waals surface area contributed by atoms with Crippen LogP contribution >= 0.6 is 15.9 Å². The number of carbonyl (C=O) groups excluding carboxylic acids is 2. The SMILES string of the molecule is O=C(NOCC1CCC1)C1CCN(c2cccc(Br)c2)C1=O. The predicted octanol–water partition coefficient (Wildman–Crippen LogP) is 2.65. The largest absolute Gasteiger partial charge is 0.312 e. The van der Waals surface area contributed by atoms with Crippen LogP contribution in [0.25, 0.3) is 0 Å². The van der Waals surface area contributed by atoms with Crippen molar-refractivity contribution in [1.82, 2.24) is 5.48 Å². The van der Waals surface area contributed by atoms with Crippen molar-refractivity contribution in [3.05, 3.63) is 28.7 Å². The minimum absolute atomic E-state index is 0.164. The van der Waals surface area contributed by atoms with Gasteiger partial charge in [0.15, 0.2) is 0 Å². The van der Waals surface area contributed by atoms with Gasteiger partial charge in [-0.2, -0.15) is 0 Å². The van der Waals surface area contributed by atoms with Gasteiger partial charge in [-0.05, 0) is 43.4 Å². The third-order valence-electron chi connectivity index (χ3n) is 4.36. The first-order valence-corrected chi connectivity index (χ1v) is 8.43. The Balaban J connectivity index is 1.54. The van der Waals surface area contributed by atoms with Crippen LogP contribution in [0.5, 0.6) is 0 Å². The summed E-state index contributed by atoms with van der Waals surface area (Å²) in [6, 6.07) is 7.53. The average molecular weight is 367 g/mol. The van der Waals surface area contributed by atoms with Crippen molar-refractivity contribution >= 4 is 33.4 Å². The minimum Gasteiger partial charge on any atom is -0.312 e. The molecule has 1 heterocycles. The third kappa shape index (κ3) is 3.33. The Bertz CT molecular complexity index is 574. The average Bonchev–Trinajstić information content (AvgIpc) is 2.83. The van der Waals surface area contributed by atoms with Crippen molar-refractivity contribution in [2.24, 2.45) is 11.8 Å². The predicted molar refractivity (Wildman–Crippen MR) is 86.0 cm³/mol. The molecule has 1 saturated carbocycles. The summed E-state index contributed by atoms with van der Waals surface area (Å²) in [6.45, 7) is 1.10. The molecule has 2 fully saturated rings. The lowest BCUT2D eigenvalue weighted by molar-refractivity contribution is -0.143. The van der Waals surface area contributed by atoms with Gasteiger partial charge in [0.05, 0.1) is 6.61 Å². The van der Waals surface area contributed by atoms with E-state index in [4.69, 9.17) is 4.84 Å². The van der Waals surface area contributed by atoms with E-state index in [-0.39, 0.29) is 11.8 Å². The zero-order valence-electron chi connectivity index (χ0n) is 12.3. The Labute approximate surface area is 138 Å². The highest BCUT2D eigenvalue weighted by atomic mass is 79.9. The molecule has 2 aliphatic rings. The van der Waals surface area contributed by atoms with Crippen LogP contribution < -0.4 is 10.4 Å². The topological polar surface area (TPSA) is 58.6 Å². The molecule has 5 nitrogen and oxygen atoms in total. The Hall–Kier alpha value is -1.40. The van der Waals surface area contributed by atoms with Crippen LogP contribution in [0, 0.1) is 11.8 Å². The van der Waals surface area contributed by atoms with Crippen molar-refractivity contribution in [3.63, 3.8) is 0 Å². The second-order valence-electron chi connectivity index (χ2n) is 5.89. The second-order valence-corrected chi connectivity index (χ2v) is 6.80. The van der Waals surface area contributed by atoms with Crippen molar-refractivity contribution in [1.29, 1.82) is 0 Å². The Morgan fingerprint density at radius 3 is 2.86 bits per heavy atom. The number of nitrogens with one attached hydrogen (secondary N) is 1. The molecule has 2 amide bonds. The molecule has 0 spiro atoms. The van der Waals surface area contributed by atoms with E-state index in [1.807, 2.05) is 24.3 Å². The Morgan fingerprint density at radius 2 is 2.18 bits per heavy atom. The summed E-state index contributed by atoms with van der Waals surface area (Å²) in [5, 5.41) is 0. The molecular weight excluding hydrogens is 348 g/mol. The molecule has 118 valence electrons. The molecule has 1 aliphatic carbocycles. The molecule has 0 bridgehead atoms. The van der Waals surface area contributed by atoms with Crippen LogP contribution in [0.4, 0.5) is 5.69 Å². The van der Waals surface area contributed by atoms with Gasteiger partial charge in [0, 0.05) is 16.7 Å². The molecule has 3 rings (SSSR count). The molecular formula is C16H19BrN2O3. The number of rotatable bonds is 5. The van der Waals surface area contributed by atoms with E-state index in [0.29, 0.717) is 25.5 Å². The quantitative estimate of drug-likeness (QED) is 0.643. The van der Waals surface area contributed by atoms with Gasteiger partial charge in [-0.15, -0.1) is 0 Å². The van der Waals surface area contributed by atoms with Gasteiger partial charge in [-0.3, -0.25) is 14.4 Å². The smallest absolute Gasteiger partial charge is 0.256 e.